The Labute approximate surface area is 361 Å². The molecule has 0 saturated heterocycles. The molecule has 0 saturated carbocycles. The van der Waals surface area contributed by atoms with Crippen LogP contribution in [0.1, 0.15) is 33.6 Å². The summed E-state index contributed by atoms with van der Waals surface area (Å²) < 4.78 is 13.5. The summed E-state index contributed by atoms with van der Waals surface area (Å²) in [6, 6.07) is 56.4. The molecule has 56 heavy (non-hydrogen) atoms. The van der Waals surface area contributed by atoms with Crippen LogP contribution in [0.2, 0.25) is 0 Å². The monoisotopic (exact) mass is 1000 g/mol. The van der Waals surface area contributed by atoms with Gasteiger partial charge in [0.25, 0.3) is 0 Å². The van der Waals surface area contributed by atoms with E-state index in [0.717, 1.165) is 14.9 Å². The Morgan fingerprint density at radius 3 is 1.46 bits per heavy atom. The van der Waals surface area contributed by atoms with E-state index < -0.39 is 30.5 Å². The zero-order valence-corrected chi connectivity index (χ0v) is 37.6. The molecule has 0 aliphatic heterocycles. The fourth-order valence-electron chi connectivity index (χ4n) is 6.02. The van der Waals surface area contributed by atoms with E-state index in [1.54, 1.807) is 0 Å². The normalized spacial score (nSPS) is 12.5. The zero-order valence-electron chi connectivity index (χ0n) is 31.7. The predicted octanol–water partition coefficient (Wildman–Crippen LogP) is 8.83. The van der Waals surface area contributed by atoms with Crippen LogP contribution in [0, 0.1) is 8.99 Å². The molecule has 0 aliphatic carbocycles. The first-order valence-electron chi connectivity index (χ1n) is 18.5. The van der Waals surface area contributed by atoms with E-state index in [4.69, 9.17) is 9.47 Å². The fourth-order valence-corrected chi connectivity index (χ4v) is 14.1. The summed E-state index contributed by atoms with van der Waals surface area (Å²) in [5.41, 5.74) is 0.185. The third-order valence-electron chi connectivity index (χ3n) is 9.42. The Bertz CT molecular complexity index is 2170. The van der Waals surface area contributed by atoms with Crippen molar-refractivity contribution >= 4 is 56.3 Å². The summed E-state index contributed by atoms with van der Waals surface area (Å²) in [5.74, 6) is 0.614. The van der Waals surface area contributed by atoms with Crippen LogP contribution in [0.5, 0.6) is 11.5 Å². The molecule has 0 bridgehead atoms. The molecule has 0 aromatic heterocycles. The van der Waals surface area contributed by atoms with Crippen molar-refractivity contribution in [1.29, 1.82) is 0 Å². The van der Waals surface area contributed by atoms with Crippen LogP contribution in [0.3, 0.4) is 0 Å². The maximum atomic E-state index is 14.1. The van der Waals surface area contributed by atoms with Gasteiger partial charge in [0.05, 0.1) is 0 Å². The van der Waals surface area contributed by atoms with Gasteiger partial charge < -0.3 is 0 Å². The molecule has 0 fully saturated rings. The van der Waals surface area contributed by atoms with Crippen LogP contribution in [-0.4, -0.2) is 20.3 Å². The molecule has 6 aromatic carbocycles. The predicted molar refractivity (Wildman–Crippen MR) is 233 cm³/mol. The number of carbonyl (C=O) groups excluding carboxylic acids is 2. The average molecular weight is 1000 g/mol. The third-order valence-corrected chi connectivity index (χ3v) is 18.8. The molecule has 0 aliphatic rings. The van der Waals surface area contributed by atoms with Gasteiger partial charge in [-0.3, -0.25) is 0 Å². The van der Waals surface area contributed by atoms with Crippen LogP contribution in [0.15, 0.2) is 205 Å². The molecule has 6 aromatic rings. The van der Waals surface area contributed by atoms with E-state index in [1.807, 2.05) is 49.4 Å². The van der Waals surface area contributed by atoms with Crippen molar-refractivity contribution in [3.63, 3.8) is 0 Å². The average Bonchev–Trinajstić information content (AvgIpc) is 3.24. The SMILES string of the molecule is C=C(C)C(I)C(=O)Oc1ccc([S+](c2ccccc2)c2cccc([I-]CC(CC)(CC)C(=O)Oc3ccc([S+](c4ccccc4)c4ccccc4)cc3)c2)cc1. The Morgan fingerprint density at radius 2 is 1.02 bits per heavy atom. The first-order chi connectivity index (χ1) is 27.2. The van der Waals surface area contributed by atoms with Gasteiger partial charge >= 0.3 is 339 Å². The molecular weight excluding hydrogens is 958 g/mol. The standard InChI is InChI=1S/C48H45I2O4S2/c1-5-48(6-2,47(52)54-38-27-31-42(32-28-38)55(39-18-10-7-11-19-39)40-20-12-8-13-21-40)34-50-36-17-16-24-44(33-36)56(41-22-14-9-15-23-41)43-29-25-37(26-30-43)53-46(51)45(49)35(3)4/h7-33,45H,3,5-6,34H2,1-2,4H3/q+1. The quantitative estimate of drug-likeness (QED) is 0.0243. The summed E-state index contributed by atoms with van der Waals surface area (Å²) in [6.07, 6.45) is 1.42. The number of halogens is 2. The molecule has 2 atom stereocenters. The molecule has 8 heteroatoms. The Kier molecular flexibility index (Phi) is 14.9. The Balaban J connectivity index is 1.18. The maximum absolute atomic E-state index is 14.1. The molecule has 2 unspecified atom stereocenters. The van der Waals surface area contributed by atoms with Gasteiger partial charge in [-0.25, -0.2) is 0 Å². The molecule has 6 rings (SSSR count). The molecule has 0 N–H and O–H groups in total. The van der Waals surface area contributed by atoms with Gasteiger partial charge in [0.15, 0.2) is 0 Å². The van der Waals surface area contributed by atoms with E-state index in [2.05, 4.69) is 164 Å². The van der Waals surface area contributed by atoms with Crippen LogP contribution in [-0.2, 0) is 31.4 Å². The summed E-state index contributed by atoms with van der Waals surface area (Å²) in [5, 5.41) is 0. The van der Waals surface area contributed by atoms with E-state index in [9.17, 15) is 9.59 Å². The second-order valence-electron chi connectivity index (χ2n) is 13.2. The first-order valence-corrected chi connectivity index (χ1v) is 24.8. The van der Waals surface area contributed by atoms with Crippen molar-refractivity contribution in [2.24, 2.45) is 5.41 Å². The van der Waals surface area contributed by atoms with Gasteiger partial charge in [-0.05, 0) is 6.92 Å². The summed E-state index contributed by atoms with van der Waals surface area (Å²) in [7, 11) is -0.659. The van der Waals surface area contributed by atoms with Crippen molar-refractivity contribution in [2.45, 2.75) is 66.9 Å². The van der Waals surface area contributed by atoms with Gasteiger partial charge in [-0.1, -0.05) is 18.7 Å². The molecule has 0 heterocycles. The summed E-state index contributed by atoms with van der Waals surface area (Å²) in [4.78, 5) is 33.8. The van der Waals surface area contributed by atoms with E-state index in [1.165, 1.54) is 28.0 Å². The van der Waals surface area contributed by atoms with Crippen molar-refractivity contribution < 1.29 is 40.3 Å². The zero-order chi connectivity index (χ0) is 39.5. The molecule has 0 amide bonds. The first kappa shape index (κ1) is 41.8. The van der Waals surface area contributed by atoms with Crippen molar-refractivity contribution in [3.8, 4) is 11.5 Å². The fraction of sp³-hybridized carbons (Fsp3) is 0.167. The van der Waals surface area contributed by atoms with E-state index in [0.29, 0.717) is 24.3 Å². The van der Waals surface area contributed by atoms with E-state index >= 15 is 0 Å². The number of esters is 2. The van der Waals surface area contributed by atoms with Crippen LogP contribution in [0.25, 0.3) is 0 Å². The Hall–Kier alpha value is -3.84. The summed E-state index contributed by atoms with van der Waals surface area (Å²) in [6.45, 7) is 9.92. The minimum absolute atomic E-state index is 0.154. The number of benzene rings is 6. The Morgan fingerprint density at radius 1 is 0.607 bits per heavy atom. The van der Waals surface area contributed by atoms with Gasteiger partial charge in [0.2, 0.25) is 0 Å². The number of alkyl halides is 2. The second kappa shape index (κ2) is 20.0. The molecule has 0 spiro atoms. The van der Waals surface area contributed by atoms with Crippen molar-refractivity contribution in [1.82, 2.24) is 0 Å². The van der Waals surface area contributed by atoms with Gasteiger partial charge in [-0.15, -0.1) is 0 Å². The summed E-state index contributed by atoms with van der Waals surface area (Å²) >= 11 is 1.53. The van der Waals surface area contributed by atoms with Crippen molar-refractivity contribution in [3.05, 3.63) is 180 Å². The number of ether oxygens (including phenoxy) is 2. The molecule has 286 valence electrons. The third kappa shape index (κ3) is 10.4. The number of hydrogen-bond donors (Lipinski definition) is 0. The molecule has 0 radical (unpaired) electrons. The second-order valence-corrected chi connectivity index (χ2v) is 21.3. The van der Waals surface area contributed by atoms with Gasteiger partial charge in [0, 0.05) is 0 Å². The number of rotatable bonds is 16. The van der Waals surface area contributed by atoms with Crippen molar-refractivity contribution in [2.75, 3.05) is 4.43 Å². The minimum atomic E-state index is -0.574. The van der Waals surface area contributed by atoms with Crippen LogP contribution >= 0.6 is 22.6 Å². The van der Waals surface area contributed by atoms with Gasteiger partial charge in [-0.2, -0.15) is 0 Å². The van der Waals surface area contributed by atoms with Crippen LogP contribution < -0.4 is 30.7 Å². The number of hydrogen-bond acceptors (Lipinski definition) is 4. The number of carbonyl (C=O) groups is 2. The van der Waals surface area contributed by atoms with E-state index in [-0.39, 0.29) is 33.7 Å². The van der Waals surface area contributed by atoms with Crippen LogP contribution in [0.4, 0.5) is 0 Å². The molecular formula is C48H45I2O4S2+. The topological polar surface area (TPSA) is 52.6 Å². The van der Waals surface area contributed by atoms with Gasteiger partial charge in [0.1, 0.15) is 0 Å². The molecule has 4 nitrogen and oxygen atoms in total.